The van der Waals surface area contributed by atoms with Gasteiger partial charge in [0.2, 0.25) is 0 Å². The van der Waals surface area contributed by atoms with Crippen molar-refractivity contribution < 1.29 is 19.0 Å². The van der Waals surface area contributed by atoms with Gasteiger partial charge in [0.15, 0.2) is 11.5 Å². The molecule has 1 radical (unpaired) electrons. The summed E-state index contributed by atoms with van der Waals surface area (Å²) >= 11 is 0. The highest BCUT2D eigenvalue weighted by molar-refractivity contribution is 5.78. The van der Waals surface area contributed by atoms with Crippen LogP contribution in [0.3, 0.4) is 0 Å². The number of methoxy groups -OCH3 is 2. The number of rotatable bonds is 7. The number of benzene rings is 1. The van der Waals surface area contributed by atoms with Gasteiger partial charge in [-0.2, -0.15) is 0 Å². The maximum absolute atomic E-state index is 12.0. The summed E-state index contributed by atoms with van der Waals surface area (Å²) in [4.78, 5) is 12.0. The highest BCUT2D eigenvalue weighted by Crippen LogP contribution is 2.32. The molecule has 1 aromatic carbocycles. The first-order valence-electron chi connectivity index (χ1n) is 6.48. The average molecular weight is 265 g/mol. The lowest BCUT2D eigenvalue weighted by Crippen LogP contribution is -2.16. The van der Waals surface area contributed by atoms with Crippen LogP contribution in [0.2, 0.25) is 0 Å². The summed E-state index contributed by atoms with van der Waals surface area (Å²) in [5.41, 5.74) is 0.776. The van der Waals surface area contributed by atoms with Crippen molar-refractivity contribution in [2.45, 2.75) is 32.6 Å². The van der Waals surface area contributed by atoms with Crippen LogP contribution >= 0.6 is 0 Å². The normalized spacial score (nSPS) is 11.8. The molecule has 0 N–H and O–H groups in total. The molecule has 1 aromatic rings. The van der Waals surface area contributed by atoms with E-state index in [0.29, 0.717) is 18.1 Å². The van der Waals surface area contributed by atoms with Crippen LogP contribution in [-0.4, -0.2) is 26.8 Å². The first kappa shape index (κ1) is 15.3. The maximum atomic E-state index is 12.0. The lowest BCUT2D eigenvalue weighted by molar-refractivity contribution is -0.145. The Balaban J connectivity index is 3.05. The molecule has 0 aromatic heterocycles. The summed E-state index contributed by atoms with van der Waals surface area (Å²) in [7, 11) is 3.14. The van der Waals surface area contributed by atoms with Gasteiger partial charge in [0.1, 0.15) is 0 Å². The molecular weight excluding hydrogens is 244 g/mol. The molecule has 0 aliphatic rings. The Hall–Kier alpha value is -1.71. The summed E-state index contributed by atoms with van der Waals surface area (Å²) < 4.78 is 15.5. The van der Waals surface area contributed by atoms with Crippen LogP contribution in [0.15, 0.2) is 12.1 Å². The minimum atomic E-state index is -0.301. The van der Waals surface area contributed by atoms with Crippen molar-refractivity contribution in [3.05, 3.63) is 23.8 Å². The molecule has 4 nitrogen and oxygen atoms in total. The fraction of sp³-hybridized carbons (Fsp3) is 0.533. The van der Waals surface area contributed by atoms with Crippen LogP contribution in [0.1, 0.15) is 38.2 Å². The summed E-state index contributed by atoms with van der Waals surface area (Å²) in [6.45, 7) is 4.22. The predicted octanol–water partition coefficient (Wildman–Crippen LogP) is 2.95. The van der Waals surface area contributed by atoms with Crippen molar-refractivity contribution in [1.82, 2.24) is 0 Å². The van der Waals surface area contributed by atoms with E-state index in [1.165, 1.54) is 0 Å². The van der Waals surface area contributed by atoms with Gasteiger partial charge in [0, 0.05) is 0 Å². The molecule has 0 bridgehead atoms. The van der Waals surface area contributed by atoms with Crippen LogP contribution in [0.5, 0.6) is 11.5 Å². The van der Waals surface area contributed by atoms with Crippen molar-refractivity contribution in [3.8, 4) is 11.5 Å². The Bertz CT molecular complexity index is 415. The Kier molecular flexibility index (Phi) is 6.19. The van der Waals surface area contributed by atoms with Crippen molar-refractivity contribution in [2.24, 2.45) is 0 Å². The lowest BCUT2D eigenvalue weighted by atomic mass is 9.94. The molecule has 0 heterocycles. The van der Waals surface area contributed by atoms with E-state index in [-0.39, 0.29) is 11.9 Å². The fourth-order valence-electron chi connectivity index (χ4n) is 1.93. The van der Waals surface area contributed by atoms with Crippen LogP contribution < -0.4 is 9.47 Å². The first-order valence-corrected chi connectivity index (χ1v) is 6.48. The molecule has 1 rings (SSSR count). The number of hydrogen-bond acceptors (Lipinski definition) is 4. The standard InChI is InChI=1S/C15H21O4/c1-5-7-12(15(16)19-6-2)11-8-9-13(17-3)14(10-11)18-4/h9-10,12H,5-7H2,1-4H3. The molecule has 0 saturated carbocycles. The Labute approximate surface area is 114 Å². The van der Waals surface area contributed by atoms with Gasteiger partial charge in [0.05, 0.1) is 26.7 Å². The highest BCUT2D eigenvalue weighted by atomic mass is 16.5. The Morgan fingerprint density at radius 1 is 1.26 bits per heavy atom. The van der Waals surface area contributed by atoms with Crippen LogP contribution in [0.25, 0.3) is 0 Å². The van der Waals surface area contributed by atoms with Crippen LogP contribution in [-0.2, 0) is 9.53 Å². The van der Waals surface area contributed by atoms with E-state index >= 15 is 0 Å². The van der Waals surface area contributed by atoms with Crippen molar-refractivity contribution in [3.63, 3.8) is 0 Å². The van der Waals surface area contributed by atoms with Gasteiger partial charge in [-0.05, 0) is 37.1 Å². The third kappa shape index (κ3) is 3.88. The van der Waals surface area contributed by atoms with Gasteiger partial charge in [0.25, 0.3) is 0 Å². The minimum Gasteiger partial charge on any atom is -0.493 e. The van der Waals surface area contributed by atoms with Gasteiger partial charge in [-0.3, -0.25) is 4.79 Å². The predicted molar refractivity (Wildman–Crippen MR) is 72.7 cm³/mol. The third-order valence-corrected chi connectivity index (χ3v) is 2.86. The van der Waals surface area contributed by atoms with E-state index < -0.39 is 0 Å². The molecule has 0 spiro atoms. The van der Waals surface area contributed by atoms with Gasteiger partial charge < -0.3 is 14.2 Å². The number of esters is 1. The molecule has 0 aliphatic carbocycles. The fourth-order valence-corrected chi connectivity index (χ4v) is 1.93. The summed E-state index contributed by atoms with van der Waals surface area (Å²) in [6, 6.07) is 6.56. The molecule has 0 aliphatic heterocycles. The maximum Gasteiger partial charge on any atom is 0.313 e. The van der Waals surface area contributed by atoms with E-state index in [1.807, 2.05) is 6.92 Å². The van der Waals surface area contributed by atoms with Gasteiger partial charge >= 0.3 is 5.97 Å². The minimum absolute atomic E-state index is 0.215. The summed E-state index contributed by atoms with van der Waals surface area (Å²) in [5, 5.41) is 0. The second kappa shape index (κ2) is 7.67. The average Bonchev–Trinajstić information content (AvgIpc) is 2.44. The zero-order valence-corrected chi connectivity index (χ0v) is 12.0. The molecule has 0 amide bonds. The first-order chi connectivity index (χ1) is 9.17. The number of carbonyl (C=O) groups is 1. The van der Waals surface area contributed by atoms with E-state index in [9.17, 15) is 4.79 Å². The lowest BCUT2D eigenvalue weighted by Gasteiger charge is -2.16. The molecule has 105 valence electrons. The van der Waals surface area contributed by atoms with Gasteiger partial charge in [-0.1, -0.05) is 13.3 Å². The number of hydrogen-bond donors (Lipinski definition) is 0. The van der Waals surface area contributed by atoms with Crippen molar-refractivity contribution >= 4 is 5.97 Å². The molecule has 4 heteroatoms. The third-order valence-electron chi connectivity index (χ3n) is 2.86. The monoisotopic (exact) mass is 265 g/mol. The zero-order valence-electron chi connectivity index (χ0n) is 12.0. The molecule has 1 unspecified atom stereocenters. The van der Waals surface area contributed by atoms with E-state index in [4.69, 9.17) is 14.2 Å². The second-order valence-corrected chi connectivity index (χ2v) is 4.12. The van der Waals surface area contributed by atoms with Gasteiger partial charge in [-0.25, -0.2) is 0 Å². The zero-order chi connectivity index (χ0) is 14.3. The van der Waals surface area contributed by atoms with Crippen molar-refractivity contribution in [2.75, 3.05) is 20.8 Å². The second-order valence-electron chi connectivity index (χ2n) is 4.12. The molecule has 0 saturated heterocycles. The van der Waals surface area contributed by atoms with Gasteiger partial charge in [-0.15, -0.1) is 0 Å². The van der Waals surface area contributed by atoms with Crippen LogP contribution in [0.4, 0.5) is 0 Å². The van der Waals surface area contributed by atoms with Crippen LogP contribution in [0, 0.1) is 6.07 Å². The Morgan fingerprint density at radius 2 is 1.95 bits per heavy atom. The molecule has 0 fully saturated rings. The van der Waals surface area contributed by atoms with E-state index in [0.717, 1.165) is 18.4 Å². The quantitative estimate of drug-likeness (QED) is 0.711. The number of carbonyl (C=O) groups excluding carboxylic acids is 1. The summed E-state index contributed by atoms with van der Waals surface area (Å²) in [6.07, 6.45) is 1.62. The van der Waals surface area contributed by atoms with Crippen molar-refractivity contribution in [1.29, 1.82) is 0 Å². The highest BCUT2D eigenvalue weighted by Gasteiger charge is 2.22. The number of ether oxygens (including phenoxy) is 3. The van der Waals surface area contributed by atoms with E-state index in [2.05, 4.69) is 6.07 Å². The smallest absolute Gasteiger partial charge is 0.313 e. The molecular formula is C15H21O4. The largest absolute Gasteiger partial charge is 0.493 e. The molecule has 1 atom stereocenters. The Morgan fingerprint density at radius 3 is 2.47 bits per heavy atom. The topological polar surface area (TPSA) is 44.8 Å². The van der Waals surface area contributed by atoms with E-state index in [1.54, 1.807) is 33.3 Å². The SMILES string of the molecule is CCCC(C(=O)OCC)c1[c]cc(OC)c(OC)c1. The summed E-state index contributed by atoms with van der Waals surface area (Å²) in [5.74, 6) is 0.685. The molecule has 19 heavy (non-hydrogen) atoms.